The molecule has 7 nitrogen and oxygen atoms in total. The average Bonchev–Trinajstić information content (AvgIpc) is 3.13. The number of rotatable bonds is 4. The molecule has 164 valence electrons. The summed E-state index contributed by atoms with van der Waals surface area (Å²) < 4.78 is 12.4. The van der Waals surface area contributed by atoms with Gasteiger partial charge >= 0.3 is 0 Å². The number of hydrogen-bond donors (Lipinski definition) is 0. The predicted molar refractivity (Wildman–Crippen MR) is 130 cm³/mol. The number of ether oxygens (including phenoxy) is 2. The lowest BCUT2D eigenvalue weighted by atomic mass is 10.0. The maximum Gasteiger partial charge on any atom is 0.246 e. The molecule has 1 unspecified atom stereocenters. The van der Waals surface area contributed by atoms with E-state index in [1.165, 1.54) is 4.70 Å². The van der Waals surface area contributed by atoms with Gasteiger partial charge in [-0.25, -0.2) is 9.98 Å². The SMILES string of the molecule is COc1cccc(OC)c1C1=NC(N2CCCCC2c2nc3ccccc3s2)=NN=CC1. The first-order valence-corrected chi connectivity index (χ1v) is 11.6. The zero-order chi connectivity index (χ0) is 21.9. The summed E-state index contributed by atoms with van der Waals surface area (Å²) >= 11 is 1.75. The molecule has 0 N–H and O–H groups in total. The first-order valence-electron chi connectivity index (χ1n) is 10.8. The summed E-state index contributed by atoms with van der Waals surface area (Å²) in [5, 5.41) is 9.88. The van der Waals surface area contributed by atoms with E-state index < -0.39 is 0 Å². The number of para-hydroxylation sites is 1. The number of nitrogens with zero attached hydrogens (tertiary/aromatic N) is 5. The van der Waals surface area contributed by atoms with E-state index in [9.17, 15) is 0 Å². The van der Waals surface area contributed by atoms with E-state index in [2.05, 4.69) is 33.3 Å². The second-order valence-corrected chi connectivity index (χ2v) is 8.79. The number of guanidine groups is 1. The average molecular weight is 448 g/mol. The molecular formula is C24H25N5O2S. The number of aromatic nitrogens is 1. The maximum atomic E-state index is 5.62. The van der Waals surface area contributed by atoms with E-state index >= 15 is 0 Å². The zero-order valence-electron chi connectivity index (χ0n) is 18.2. The maximum absolute atomic E-state index is 5.62. The van der Waals surface area contributed by atoms with Crippen molar-refractivity contribution in [3.05, 3.63) is 53.0 Å². The Labute approximate surface area is 191 Å². The smallest absolute Gasteiger partial charge is 0.246 e. The monoisotopic (exact) mass is 447 g/mol. The van der Waals surface area contributed by atoms with Gasteiger partial charge in [0.1, 0.15) is 16.5 Å². The molecule has 2 aliphatic heterocycles. The van der Waals surface area contributed by atoms with Crippen LogP contribution in [-0.2, 0) is 0 Å². The van der Waals surface area contributed by atoms with Crippen molar-refractivity contribution in [2.45, 2.75) is 31.7 Å². The van der Waals surface area contributed by atoms with Crippen LogP contribution in [0, 0.1) is 0 Å². The Morgan fingerprint density at radius 1 is 1.00 bits per heavy atom. The van der Waals surface area contributed by atoms with Gasteiger partial charge in [-0.15, -0.1) is 16.4 Å². The molecule has 1 atom stereocenters. The molecule has 0 amide bonds. The number of hydrogen-bond acceptors (Lipinski definition) is 8. The summed E-state index contributed by atoms with van der Waals surface area (Å²) in [6, 6.07) is 14.2. The zero-order valence-corrected chi connectivity index (χ0v) is 19.0. The molecule has 2 aliphatic rings. The first kappa shape index (κ1) is 20.6. The molecule has 8 heteroatoms. The van der Waals surface area contributed by atoms with Crippen LogP contribution in [0.5, 0.6) is 11.5 Å². The molecular weight excluding hydrogens is 422 g/mol. The summed E-state index contributed by atoms with van der Waals surface area (Å²) in [5.41, 5.74) is 2.71. The number of aliphatic imine (C=N–C) groups is 1. The molecule has 1 saturated heterocycles. The van der Waals surface area contributed by atoms with Gasteiger partial charge in [-0.3, -0.25) is 0 Å². The van der Waals surface area contributed by atoms with Crippen molar-refractivity contribution in [2.75, 3.05) is 20.8 Å². The van der Waals surface area contributed by atoms with Crippen LogP contribution in [0.15, 0.2) is 57.7 Å². The largest absolute Gasteiger partial charge is 0.496 e. The Morgan fingerprint density at radius 3 is 2.59 bits per heavy atom. The van der Waals surface area contributed by atoms with Gasteiger partial charge in [0.05, 0.1) is 41.8 Å². The molecule has 0 spiro atoms. The van der Waals surface area contributed by atoms with E-state index in [-0.39, 0.29) is 6.04 Å². The highest BCUT2D eigenvalue weighted by Gasteiger charge is 2.30. The number of methoxy groups -OCH3 is 2. The van der Waals surface area contributed by atoms with E-state index in [0.29, 0.717) is 12.4 Å². The van der Waals surface area contributed by atoms with Crippen molar-refractivity contribution < 1.29 is 9.47 Å². The third kappa shape index (κ3) is 3.86. The summed E-state index contributed by atoms with van der Waals surface area (Å²) in [4.78, 5) is 12.2. The van der Waals surface area contributed by atoms with Gasteiger partial charge in [0.2, 0.25) is 5.96 Å². The van der Waals surface area contributed by atoms with Gasteiger partial charge in [0.25, 0.3) is 0 Å². The fourth-order valence-electron chi connectivity index (χ4n) is 4.28. The van der Waals surface area contributed by atoms with Crippen LogP contribution in [0.4, 0.5) is 0 Å². The lowest BCUT2D eigenvalue weighted by molar-refractivity contribution is 0.242. The van der Waals surface area contributed by atoms with Crippen molar-refractivity contribution >= 4 is 39.4 Å². The molecule has 0 saturated carbocycles. The minimum atomic E-state index is 0.137. The van der Waals surface area contributed by atoms with E-state index in [1.807, 2.05) is 24.3 Å². The van der Waals surface area contributed by atoms with Gasteiger partial charge in [-0.2, -0.15) is 5.10 Å². The summed E-state index contributed by atoms with van der Waals surface area (Å²) in [7, 11) is 3.32. The second-order valence-electron chi connectivity index (χ2n) is 7.72. The quantitative estimate of drug-likeness (QED) is 0.559. The Hall–Kier alpha value is -3.26. The highest BCUT2D eigenvalue weighted by molar-refractivity contribution is 7.18. The van der Waals surface area contributed by atoms with Gasteiger partial charge in [0.15, 0.2) is 0 Å². The lowest BCUT2D eigenvalue weighted by Gasteiger charge is -2.34. The fraction of sp³-hybridized carbons (Fsp3) is 0.333. The Bertz CT molecular complexity index is 1160. The standard InChI is InChI=1S/C24H25N5O2S/c1-30-19-10-7-11-20(31-2)22(19)17-13-14-25-28-24(27-17)29-15-6-5-9-18(29)23-26-16-8-3-4-12-21(16)32-23/h3-4,7-8,10-12,14,18H,5-6,9,13,15H2,1-2H3. The molecule has 1 fully saturated rings. The van der Waals surface area contributed by atoms with Crippen molar-refractivity contribution in [1.82, 2.24) is 9.88 Å². The second kappa shape index (κ2) is 9.08. The number of piperidine rings is 1. The molecule has 0 aliphatic carbocycles. The van der Waals surface area contributed by atoms with Gasteiger partial charge in [0, 0.05) is 19.2 Å². The van der Waals surface area contributed by atoms with Crippen LogP contribution in [0.25, 0.3) is 10.2 Å². The Balaban J connectivity index is 1.55. The Morgan fingerprint density at radius 2 is 1.81 bits per heavy atom. The molecule has 3 heterocycles. The van der Waals surface area contributed by atoms with Crippen LogP contribution in [0.3, 0.4) is 0 Å². The molecule has 5 rings (SSSR count). The first-order chi connectivity index (χ1) is 15.8. The van der Waals surface area contributed by atoms with Crippen molar-refractivity contribution in [2.24, 2.45) is 15.2 Å². The van der Waals surface area contributed by atoms with Crippen molar-refractivity contribution in [3.63, 3.8) is 0 Å². The van der Waals surface area contributed by atoms with Crippen molar-refractivity contribution in [1.29, 1.82) is 0 Å². The lowest BCUT2D eigenvalue weighted by Crippen LogP contribution is -2.38. The number of fused-ring (bicyclic) bond motifs is 1. The van der Waals surface area contributed by atoms with E-state index in [1.54, 1.807) is 31.8 Å². The van der Waals surface area contributed by atoms with Gasteiger partial charge in [-0.05, 0) is 43.5 Å². The molecule has 3 aromatic rings. The van der Waals surface area contributed by atoms with Crippen LogP contribution in [0.1, 0.15) is 42.3 Å². The molecule has 0 bridgehead atoms. The number of likely N-dealkylation sites (tertiary alicyclic amines) is 1. The van der Waals surface area contributed by atoms with E-state index in [4.69, 9.17) is 19.5 Å². The van der Waals surface area contributed by atoms with Crippen LogP contribution in [-0.4, -0.2) is 48.5 Å². The molecule has 0 radical (unpaired) electrons. The minimum absolute atomic E-state index is 0.137. The Kier molecular flexibility index (Phi) is 5.85. The molecule has 32 heavy (non-hydrogen) atoms. The van der Waals surface area contributed by atoms with Gasteiger partial charge in [-0.1, -0.05) is 18.2 Å². The van der Waals surface area contributed by atoms with Crippen LogP contribution in [0.2, 0.25) is 0 Å². The molecule has 1 aromatic heterocycles. The minimum Gasteiger partial charge on any atom is -0.496 e. The van der Waals surface area contributed by atoms with Crippen molar-refractivity contribution in [3.8, 4) is 11.5 Å². The summed E-state index contributed by atoms with van der Waals surface area (Å²) in [6.45, 7) is 0.870. The molecule has 2 aromatic carbocycles. The van der Waals surface area contributed by atoms with Crippen LogP contribution < -0.4 is 9.47 Å². The highest BCUT2D eigenvalue weighted by Crippen LogP contribution is 2.37. The third-order valence-corrected chi connectivity index (χ3v) is 6.96. The topological polar surface area (TPSA) is 71.7 Å². The third-order valence-electron chi connectivity index (χ3n) is 5.82. The number of thiazole rings is 1. The highest BCUT2D eigenvalue weighted by atomic mass is 32.1. The fourth-order valence-corrected chi connectivity index (χ4v) is 5.40. The summed E-state index contributed by atoms with van der Waals surface area (Å²) in [5.74, 6) is 2.06. The normalized spacial score (nSPS) is 18.8. The van der Waals surface area contributed by atoms with Crippen LogP contribution >= 0.6 is 11.3 Å². The predicted octanol–water partition coefficient (Wildman–Crippen LogP) is 5.08. The van der Waals surface area contributed by atoms with E-state index in [0.717, 1.165) is 59.1 Å². The summed E-state index contributed by atoms with van der Waals surface area (Å²) in [6.07, 6.45) is 5.60. The van der Waals surface area contributed by atoms with Gasteiger partial charge < -0.3 is 14.4 Å². The number of benzene rings is 2.